The van der Waals surface area contributed by atoms with Gasteiger partial charge in [-0.15, -0.1) is 0 Å². The summed E-state index contributed by atoms with van der Waals surface area (Å²) >= 11 is 0. The predicted molar refractivity (Wildman–Crippen MR) is 105 cm³/mol. The van der Waals surface area contributed by atoms with Gasteiger partial charge in [0.15, 0.2) is 0 Å². The molecule has 24 heavy (non-hydrogen) atoms. The van der Waals surface area contributed by atoms with Crippen molar-refractivity contribution < 1.29 is 0 Å². The molecule has 0 N–H and O–H groups in total. The number of benzene rings is 2. The van der Waals surface area contributed by atoms with Gasteiger partial charge < -0.3 is 0 Å². The van der Waals surface area contributed by atoms with E-state index in [1.54, 1.807) is 0 Å². The highest BCUT2D eigenvalue weighted by Gasteiger charge is 2.31. The van der Waals surface area contributed by atoms with Gasteiger partial charge in [0, 0.05) is 5.41 Å². The smallest absolute Gasteiger partial charge is 0.0180 e. The van der Waals surface area contributed by atoms with E-state index in [1.807, 2.05) is 0 Å². The van der Waals surface area contributed by atoms with Gasteiger partial charge in [-0.1, -0.05) is 90.4 Å². The lowest BCUT2D eigenvalue weighted by Gasteiger charge is -2.35. The first-order chi connectivity index (χ1) is 11.5. The Kier molecular flexibility index (Phi) is 4.76. The Bertz CT molecular complexity index is 741. The molecule has 0 radical (unpaired) electrons. The van der Waals surface area contributed by atoms with Crippen LogP contribution in [-0.2, 0) is 5.41 Å². The first-order valence-corrected chi connectivity index (χ1v) is 8.97. The van der Waals surface area contributed by atoms with E-state index in [1.165, 1.54) is 27.8 Å². The standard InChI is InChI=1S/C24H28/c1-18-10-12-22(13-11-18)24(4,17-21-8-6-5-7-9-21)23-15-19(2)14-20(3)16-23/h5-8,10-16,21H,9,17H2,1-4H3. The third-order valence-electron chi connectivity index (χ3n) is 5.29. The number of hydrogen-bond acceptors (Lipinski definition) is 0. The summed E-state index contributed by atoms with van der Waals surface area (Å²) < 4.78 is 0. The summed E-state index contributed by atoms with van der Waals surface area (Å²) in [4.78, 5) is 0. The number of aryl methyl sites for hydroxylation is 3. The molecule has 0 heteroatoms. The SMILES string of the molecule is Cc1ccc(C(C)(CC2C=CC=CC2)c2cc(C)cc(C)c2)cc1. The predicted octanol–water partition coefficient (Wildman–Crippen LogP) is 6.44. The second-order valence-corrected chi connectivity index (χ2v) is 7.59. The van der Waals surface area contributed by atoms with Crippen molar-refractivity contribution in [1.29, 1.82) is 0 Å². The zero-order valence-corrected chi connectivity index (χ0v) is 15.3. The summed E-state index contributed by atoms with van der Waals surface area (Å²) in [6.45, 7) is 8.98. The topological polar surface area (TPSA) is 0 Å². The molecule has 2 aromatic carbocycles. The molecular formula is C24H28. The Hall–Kier alpha value is -2.08. The van der Waals surface area contributed by atoms with Crippen molar-refractivity contribution in [1.82, 2.24) is 0 Å². The highest BCUT2D eigenvalue weighted by molar-refractivity contribution is 5.43. The molecule has 2 unspecified atom stereocenters. The summed E-state index contributed by atoms with van der Waals surface area (Å²) in [7, 11) is 0. The lowest BCUT2D eigenvalue weighted by atomic mass is 9.69. The molecule has 0 nitrogen and oxygen atoms in total. The van der Waals surface area contributed by atoms with Crippen LogP contribution >= 0.6 is 0 Å². The summed E-state index contributed by atoms with van der Waals surface area (Å²) in [5.74, 6) is 0.599. The Balaban J connectivity index is 2.06. The van der Waals surface area contributed by atoms with Crippen molar-refractivity contribution in [3.8, 4) is 0 Å². The summed E-state index contributed by atoms with van der Waals surface area (Å²) in [5, 5.41) is 0. The average Bonchev–Trinajstić information content (AvgIpc) is 2.55. The Labute approximate surface area is 146 Å². The van der Waals surface area contributed by atoms with E-state index >= 15 is 0 Å². The lowest BCUT2D eigenvalue weighted by Crippen LogP contribution is -2.27. The van der Waals surface area contributed by atoms with E-state index in [-0.39, 0.29) is 5.41 Å². The molecule has 0 fully saturated rings. The quantitative estimate of drug-likeness (QED) is 0.609. The summed E-state index contributed by atoms with van der Waals surface area (Å²) in [5.41, 5.74) is 6.91. The molecular weight excluding hydrogens is 288 g/mol. The summed E-state index contributed by atoms with van der Waals surface area (Å²) in [6, 6.07) is 16.1. The van der Waals surface area contributed by atoms with Crippen molar-refractivity contribution in [2.75, 3.05) is 0 Å². The molecule has 0 bridgehead atoms. The summed E-state index contributed by atoms with van der Waals surface area (Å²) in [6.07, 6.45) is 11.3. The Morgan fingerprint density at radius 3 is 2.08 bits per heavy atom. The molecule has 0 aliphatic heterocycles. The lowest BCUT2D eigenvalue weighted by molar-refractivity contribution is 0.434. The largest absolute Gasteiger partial charge is 0.0840 e. The van der Waals surface area contributed by atoms with Gasteiger partial charge in [-0.05, 0) is 50.7 Å². The van der Waals surface area contributed by atoms with Gasteiger partial charge in [0.25, 0.3) is 0 Å². The van der Waals surface area contributed by atoms with Gasteiger partial charge in [0.1, 0.15) is 0 Å². The average molecular weight is 316 g/mol. The van der Waals surface area contributed by atoms with Crippen molar-refractivity contribution in [2.24, 2.45) is 5.92 Å². The fraction of sp³-hybridized carbons (Fsp3) is 0.333. The van der Waals surface area contributed by atoms with Gasteiger partial charge >= 0.3 is 0 Å². The second-order valence-electron chi connectivity index (χ2n) is 7.59. The molecule has 124 valence electrons. The van der Waals surface area contributed by atoms with Gasteiger partial charge in [0.2, 0.25) is 0 Å². The van der Waals surface area contributed by atoms with Gasteiger partial charge in [-0.2, -0.15) is 0 Å². The molecule has 0 aromatic heterocycles. The maximum atomic E-state index is 2.41. The van der Waals surface area contributed by atoms with Crippen LogP contribution < -0.4 is 0 Å². The molecule has 2 atom stereocenters. The highest BCUT2D eigenvalue weighted by atomic mass is 14.3. The van der Waals surface area contributed by atoms with E-state index < -0.39 is 0 Å². The van der Waals surface area contributed by atoms with Gasteiger partial charge in [-0.3, -0.25) is 0 Å². The van der Waals surface area contributed by atoms with E-state index in [9.17, 15) is 0 Å². The van der Waals surface area contributed by atoms with Crippen LogP contribution in [0.3, 0.4) is 0 Å². The first-order valence-electron chi connectivity index (χ1n) is 8.97. The molecule has 0 amide bonds. The maximum Gasteiger partial charge on any atom is 0.0180 e. The highest BCUT2D eigenvalue weighted by Crippen LogP contribution is 2.40. The molecule has 0 saturated carbocycles. The maximum absolute atomic E-state index is 2.41. The van der Waals surface area contributed by atoms with E-state index in [0.29, 0.717) is 5.92 Å². The minimum Gasteiger partial charge on any atom is -0.0840 e. The third-order valence-corrected chi connectivity index (χ3v) is 5.29. The Morgan fingerprint density at radius 1 is 0.833 bits per heavy atom. The minimum absolute atomic E-state index is 0.0324. The zero-order valence-electron chi connectivity index (χ0n) is 15.3. The van der Waals surface area contributed by atoms with Crippen LogP contribution in [0.5, 0.6) is 0 Å². The van der Waals surface area contributed by atoms with E-state index in [4.69, 9.17) is 0 Å². The van der Waals surface area contributed by atoms with Gasteiger partial charge in [-0.25, -0.2) is 0 Å². The van der Waals surface area contributed by atoms with Crippen LogP contribution in [0.1, 0.15) is 47.6 Å². The molecule has 0 heterocycles. The van der Waals surface area contributed by atoms with Crippen molar-refractivity contribution in [2.45, 2.75) is 46.0 Å². The minimum atomic E-state index is 0.0324. The number of hydrogen-bond donors (Lipinski definition) is 0. The van der Waals surface area contributed by atoms with E-state index in [2.05, 4.69) is 94.5 Å². The normalized spacial score (nSPS) is 19.2. The molecule has 1 aliphatic carbocycles. The van der Waals surface area contributed by atoms with Crippen molar-refractivity contribution in [3.63, 3.8) is 0 Å². The third kappa shape index (κ3) is 3.53. The van der Waals surface area contributed by atoms with Crippen LogP contribution in [0.4, 0.5) is 0 Å². The molecule has 1 aliphatic rings. The van der Waals surface area contributed by atoms with Crippen LogP contribution in [0.2, 0.25) is 0 Å². The number of rotatable bonds is 4. The van der Waals surface area contributed by atoms with Crippen LogP contribution in [0.15, 0.2) is 66.8 Å². The molecule has 2 aromatic rings. The second kappa shape index (κ2) is 6.81. The Morgan fingerprint density at radius 2 is 1.50 bits per heavy atom. The van der Waals surface area contributed by atoms with Crippen molar-refractivity contribution in [3.05, 3.63) is 94.6 Å². The molecule has 3 rings (SSSR count). The monoisotopic (exact) mass is 316 g/mol. The molecule has 0 spiro atoms. The zero-order chi connectivity index (χ0) is 17.2. The van der Waals surface area contributed by atoms with E-state index in [0.717, 1.165) is 12.8 Å². The first kappa shape index (κ1) is 16.8. The fourth-order valence-corrected chi connectivity index (χ4v) is 3.92. The fourth-order valence-electron chi connectivity index (χ4n) is 3.92. The van der Waals surface area contributed by atoms with Crippen molar-refractivity contribution >= 4 is 0 Å². The van der Waals surface area contributed by atoms with Crippen LogP contribution in [0, 0.1) is 26.7 Å². The van der Waals surface area contributed by atoms with Crippen LogP contribution in [-0.4, -0.2) is 0 Å². The van der Waals surface area contributed by atoms with Crippen LogP contribution in [0.25, 0.3) is 0 Å². The van der Waals surface area contributed by atoms with Gasteiger partial charge in [0.05, 0.1) is 0 Å². The molecule has 0 saturated heterocycles. The number of allylic oxidation sites excluding steroid dienone is 4.